The van der Waals surface area contributed by atoms with Crippen LogP contribution >= 0.6 is 0 Å². The van der Waals surface area contributed by atoms with Gasteiger partial charge in [-0.3, -0.25) is 4.79 Å². The molecule has 0 aromatic heterocycles. The van der Waals surface area contributed by atoms with Crippen molar-refractivity contribution < 1.29 is 4.79 Å². The smallest absolute Gasteiger partial charge is 0.237 e. The van der Waals surface area contributed by atoms with Crippen molar-refractivity contribution in [3.05, 3.63) is 0 Å². The molecule has 3 heteroatoms. The fraction of sp³-hybridized carbons (Fsp3) is 0.923. The summed E-state index contributed by atoms with van der Waals surface area (Å²) in [5.74, 6) is 0.170. The standard InChI is InChI=1S/C13H24N2O/c1-10(12(16)15-11-5-6-11)14-9-13(2)7-3-4-8-13/h10-11,14H,3-9H2,1-2H3,(H,15,16). The summed E-state index contributed by atoms with van der Waals surface area (Å²) < 4.78 is 0. The largest absolute Gasteiger partial charge is 0.352 e. The van der Waals surface area contributed by atoms with E-state index in [-0.39, 0.29) is 11.9 Å². The first-order valence-corrected chi connectivity index (χ1v) is 6.63. The second-order valence-corrected chi connectivity index (χ2v) is 5.90. The van der Waals surface area contributed by atoms with E-state index in [1.807, 2.05) is 6.92 Å². The molecule has 0 heterocycles. The van der Waals surface area contributed by atoms with E-state index in [4.69, 9.17) is 0 Å². The minimum atomic E-state index is -0.0435. The topological polar surface area (TPSA) is 41.1 Å². The highest BCUT2D eigenvalue weighted by atomic mass is 16.2. The lowest BCUT2D eigenvalue weighted by Crippen LogP contribution is -2.46. The van der Waals surface area contributed by atoms with Gasteiger partial charge in [0.25, 0.3) is 0 Å². The van der Waals surface area contributed by atoms with Crippen LogP contribution in [-0.4, -0.2) is 24.5 Å². The summed E-state index contributed by atoms with van der Waals surface area (Å²) in [6.45, 7) is 5.28. The SMILES string of the molecule is CC(NCC1(C)CCCC1)C(=O)NC1CC1. The second kappa shape index (κ2) is 4.74. The van der Waals surface area contributed by atoms with Crippen LogP contribution in [0.4, 0.5) is 0 Å². The summed E-state index contributed by atoms with van der Waals surface area (Å²) in [5, 5.41) is 6.43. The number of rotatable bonds is 5. The van der Waals surface area contributed by atoms with Crippen LogP contribution in [0.15, 0.2) is 0 Å². The average molecular weight is 224 g/mol. The van der Waals surface area contributed by atoms with Gasteiger partial charge in [-0.15, -0.1) is 0 Å². The molecule has 2 fully saturated rings. The summed E-state index contributed by atoms with van der Waals surface area (Å²) in [7, 11) is 0. The zero-order valence-corrected chi connectivity index (χ0v) is 10.5. The van der Waals surface area contributed by atoms with Crippen LogP contribution in [0.2, 0.25) is 0 Å². The lowest BCUT2D eigenvalue weighted by molar-refractivity contribution is -0.123. The van der Waals surface area contributed by atoms with Gasteiger partial charge in [0, 0.05) is 12.6 Å². The zero-order valence-electron chi connectivity index (χ0n) is 10.5. The van der Waals surface area contributed by atoms with Crippen LogP contribution in [0.25, 0.3) is 0 Å². The number of amides is 1. The normalized spacial score (nSPS) is 25.4. The molecule has 0 saturated heterocycles. The van der Waals surface area contributed by atoms with Crippen molar-refractivity contribution in [2.24, 2.45) is 5.41 Å². The van der Waals surface area contributed by atoms with E-state index in [0.717, 1.165) is 19.4 Å². The molecule has 3 nitrogen and oxygen atoms in total. The lowest BCUT2D eigenvalue weighted by atomic mass is 9.88. The average Bonchev–Trinajstić information content (AvgIpc) is 2.96. The maximum absolute atomic E-state index is 11.7. The monoisotopic (exact) mass is 224 g/mol. The van der Waals surface area contributed by atoms with Gasteiger partial charge in [-0.2, -0.15) is 0 Å². The van der Waals surface area contributed by atoms with E-state index in [2.05, 4.69) is 17.6 Å². The molecule has 1 amide bonds. The van der Waals surface area contributed by atoms with Gasteiger partial charge in [0.05, 0.1) is 6.04 Å². The molecule has 0 radical (unpaired) electrons. The molecule has 2 aliphatic carbocycles. The molecular weight excluding hydrogens is 200 g/mol. The third-order valence-corrected chi connectivity index (χ3v) is 3.96. The van der Waals surface area contributed by atoms with Gasteiger partial charge in [-0.25, -0.2) is 0 Å². The molecular formula is C13H24N2O. The maximum Gasteiger partial charge on any atom is 0.237 e. The Bertz CT molecular complexity index is 255. The first-order valence-electron chi connectivity index (χ1n) is 6.63. The highest BCUT2D eigenvalue weighted by Crippen LogP contribution is 2.36. The van der Waals surface area contributed by atoms with E-state index >= 15 is 0 Å². The molecule has 0 aromatic carbocycles. The third-order valence-electron chi connectivity index (χ3n) is 3.96. The third kappa shape index (κ3) is 3.21. The summed E-state index contributed by atoms with van der Waals surface area (Å²) in [6.07, 6.45) is 7.63. The highest BCUT2D eigenvalue weighted by Gasteiger charge is 2.30. The van der Waals surface area contributed by atoms with Gasteiger partial charge in [0.2, 0.25) is 5.91 Å². The van der Waals surface area contributed by atoms with Crippen molar-refractivity contribution in [2.45, 2.75) is 64.5 Å². The molecule has 1 atom stereocenters. The maximum atomic E-state index is 11.7. The van der Waals surface area contributed by atoms with Crippen LogP contribution < -0.4 is 10.6 Å². The van der Waals surface area contributed by atoms with Crippen molar-refractivity contribution in [1.82, 2.24) is 10.6 Å². The lowest BCUT2D eigenvalue weighted by Gasteiger charge is -2.26. The van der Waals surface area contributed by atoms with Gasteiger partial charge in [-0.1, -0.05) is 19.8 Å². The van der Waals surface area contributed by atoms with Crippen molar-refractivity contribution in [1.29, 1.82) is 0 Å². The number of hydrogen-bond donors (Lipinski definition) is 2. The summed E-state index contributed by atoms with van der Waals surface area (Å²) in [6, 6.07) is 0.428. The molecule has 2 saturated carbocycles. The Morgan fingerprint density at radius 1 is 1.38 bits per heavy atom. The molecule has 1 unspecified atom stereocenters. The number of nitrogens with one attached hydrogen (secondary N) is 2. The minimum Gasteiger partial charge on any atom is -0.352 e. The molecule has 0 aliphatic heterocycles. The zero-order chi connectivity index (χ0) is 11.6. The van der Waals surface area contributed by atoms with Gasteiger partial charge < -0.3 is 10.6 Å². The Kier molecular flexibility index (Phi) is 3.53. The van der Waals surface area contributed by atoms with Gasteiger partial charge in [0.1, 0.15) is 0 Å². The summed E-state index contributed by atoms with van der Waals surface area (Å²) >= 11 is 0. The van der Waals surface area contributed by atoms with E-state index in [1.165, 1.54) is 25.7 Å². The van der Waals surface area contributed by atoms with Gasteiger partial charge in [0.15, 0.2) is 0 Å². The van der Waals surface area contributed by atoms with Crippen LogP contribution in [0.1, 0.15) is 52.4 Å². The Morgan fingerprint density at radius 2 is 2.00 bits per heavy atom. The molecule has 92 valence electrons. The quantitative estimate of drug-likeness (QED) is 0.748. The Hall–Kier alpha value is -0.570. The number of hydrogen-bond acceptors (Lipinski definition) is 2. The number of carbonyl (C=O) groups is 1. The molecule has 16 heavy (non-hydrogen) atoms. The molecule has 2 aliphatic rings. The summed E-state index contributed by atoms with van der Waals surface area (Å²) in [4.78, 5) is 11.7. The predicted molar refractivity (Wildman–Crippen MR) is 65.2 cm³/mol. The van der Waals surface area contributed by atoms with Crippen molar-refractivity contribution >= 4 is 5.91 Å². The Balaban J connectivity index is 1.69. The Morgan fingerprint density at radius 3 is 2.56 bits per heavy atom. The molecule has 0 spiro atoms. The van der Waals surface area contributed by atoms with E-state index in [9.17, 15) is 4.79 Å². The van der Waals surface area contributed by atoms with E-state index in [1.54, 1.807) is 0 Å². The summed E-state index contributed by atoms with van der Waals surface area (Å²) in [5.41, 5.74) is 0.425. The van der Waals surface area contributed by atoms with Gasteiger partial charge in [-0.05, 0) is 38.0 Å². The second-order valence-electron chi connectivity index (χ2n) is 5.90. The molecule has 0 aromatic rings. The van der Waals surface area contributed by atoms with Crippen molar-refractivity contribution in [3.63, 3.8) is 0 Å². The molecule has 2 N–H and O–H groups in total. The van der Waals surface area contributed by atoms with Crippen LogP contribution in [-0.2, 0) is 4.79 Å². The van der Waals surface area contributed by atoms with Crippen LogP contribution in [0.5, 0.6) is 0 Å². The van der Waals surface area contributed by atoms with E-state index < -0.39 is 0 Å². The van der Waals surface area contributed by atoms with Gasteiger partial charge >= 0.3 is 0 Å². The van der Waals surface area contributed by atoms with E-state index in [0.29, 0.717) is 11.5 Å². The molecule has 0 bridgehead atoms. The van der Waals surface area contributed by atoms with Crippen LogP contribution in [0.3, 0.4) is 0 Å². The highest BCUT2D eigenvalue weighted by molar-refractivity contribution is 5.81. The fourth-order valence-electron chi connectivity index (χ4n) is 2.45. The fourth-order valence-corrected chi connectivity index (χ4v) is 2.45. The Labute approximate surface area is 98.4 Å². The predicted octanol–water partition coefficient (Wildman–Crippen LogP) is 1.82. The molecule has 2 rings (SSSR count). The minimum absolute atomic E-state index is 0.0435. The first kappa shape index (κ1) is 11.9. The van der Waals surface area contributed by atoms with Crippen LogP contribution in [0, 0.1) is 5.41 Å². The van der Waals surface area contributed by atoms with Crippen molar-refractivity contribution in [3.8, 4) is 0 Å². The number of carbonyl (C=O) groups excluding carboxylic acids is 1. The van der Waals surface area contributed by atoms with Crippen molar-refractivity contribution in [2.75, 3.05) is 6.54 Å². The first-order chi connectivity index (χ1) is 7.59.